The topological polar surface area (TPSA) is 83.3 Å². The number of aromatic nitrogens is 3. The van der Waals surface area contributed by atoms with Crippen LogP contribution in [-0.2, 0) is 20.6 Å². The quantitative estimate of drug-likeness (QED) is 0.529. The first-order valence-corrected chi connectivity index (χ1v) is 10.2. The van der Waals surface area contributed by atoms with Crippen LogP contribution in [0.5, 0.6) is 5.75 Å². The van der Waals surface area contributed by atoms with Crippen molar-refractivity contribution in [1.29, 1.82) is 0 Å². The van der Waals surface area contributed by atoms with E-state index in [2.05, 4.69) is 9.88 Å². The Labute approximate surface area is 182 Å². The Morgan fingerprint density at radius 3 is 2.68 bits per heavy atom. The summed E-state index contributed by atoms with van der Waals surface area (Å²) in [5.74, 6) is 1.31. The van der Waals surface area contributed by atoms with Gasteiger partial charge in [0.05, 0.1) is 29.4 Å². The molecule has 1 atom stereocenters. The van der Waals surface area contributed by atoms with Gasteiger partial charge in [-0.25, -0.2) is 4.79 Å². The van der Waals surface area contributed by atoms with Gasteiger partial charge < -0.3 is 19.0 Å². The van der Waals surface area contributed by atoms with Crippen LogP contribution < -0.4 is 21.3 Å². The van der Waals surface area contributed by atoms with Gasteiger partial charge in [-0.1, -0.05) is 12.1 Å². The Balaban J connectivity index is 1.95. The zero-order valence-corrected chi connectivity index (χ0v) is 18.1. The molecule has 0 saturated heterocycles. The van der Waals surface area contributed by atoms with Crippen molar-refractivity contribution >= 4 is 22.5 Å². The molecule has 0 radical (unpaired) electrons. The molecule has 1 aliphatic heterocycles. The Morgan fingerprint density at radius 2 is 1.97 bits per heavy atom. The second kappa shape index (κ2) is 7.18. The minimum atomic E-state index is -0.384. The number of nitrogens with zero attached hydrogens (tertiary/aromatic N) is 3. The molecule has 4 aromatic rings. The zero-order valence-electron chi connectivity index (χ0n) is 17.3. The molecule has 0 spiro atoms. The molecule has 9 heteroatoms. The molecular weight excluding hydrogens is 420 g/mol. The number of furan rings is 1. The Bertz CT molecular complexity index is 1440. The normalized spacial score (nSPS) is 15.9. The summed E-state index contributed by atoms with van der Waals surface area (Å²) in [6.07, 6.45) is 0. The molecule has 0 bridgehead atoms. The van der Waals surface area contributed by atoms with Crippen LogP contribution in [0.1, 0.15) is 17.5 Å². The van der Waals surface area contributed by atoms with Gasteiger partial charge in [0.25, 0.3) is 5.56 Å². The van der Waals surface area contributed by atoms with Gasteiger partial charge >= 0.3 is 5.69 Å². The van der Waals surface area contributed by atoms with Gasteiger partial charge in [0, 0.05) is 32.7 Å². The van der Waals surface area contributed by atoms with Gasteiger partial charge in [-0.3, -0.25) is 13.9 Å². The number of hydrogen-bond donors (Lipinski definition) is 1. The average molecular weight is 441 g/mol. The van der Waals surface area contributed by atoms with E-state index in [0.717, 1.165) is 21.5 Å². The summed E-state index contributed by atoms with van der Waals surface area (Å²) in [7, 11) is 4.79. The number of hydrogen-bond acceptors (Lipinski definition) is 5. The maximum absolute atomic E-state index is 13.4. The highest BCUT2D eigenvalue weighted by atomic mass is 35.5. The van der Waals surface area contributed by atoms with Crippen LogP contribution >= 0.6 is 11.6 Å². The fraction of sp³-hybridized carbons (Fsp3) is 0.273. The van der Waals surface area contributed by atoms with Gasteiger partial charge in [0.2, 0.25) is 0 Å². The lowest BCUT2D eigenvalue weighted by Crippen LogP contribution is -2.38. The van der Waals surface area contributed by atoms with Crippen molar-refractivity contribution < 1.29 is 9.15 Å². The summed E-state index contributed by atoms with van der Waals surface area (Å²) in [6, 6.07) is 10.7. The van der Waals surface area contributed by atoms with Crippen molar-refractivity contribution in [2.24, 2.45) is 14.1 Å². The standard InChI is InChI=1S/C22H21ClN4O4/c1-25-19-16(21(28)26(2)22(25)29)18(12-5-4-6-13(11-12)30-3)27-10-9-24-17(20(19)27)14-7-8-15(23)31-14/h4-8,11,17,24H,9-10H2,1-3H3. The predicted molar refractivity (Wildman–Crippen MR) is 118 cm³/mol. The van der Waals surface area contributed by atoms with E-state index in [9.17, 15) is 9.59 Å². The molecule has 4 heterocycles. The Morgan fingerprint density at radius 1 is 1.16 bits per heavy atom. The highest BCUT2D eigenvalue weighted by Crippen LogP contribution is 2.39. The van der Waals surface area contributed by atoms with Crippen LogP contribution in [0.3, 0.4) is 0 Å². The van der Waals surface area contributed by atoms with E-state index in [1.165, 1.54) is 11.6 Å². The summed E-state index contributed by atoms with van der Waals surface area (Å²) < 4.78 is 15.9. The minimum absolute atomic E-state index is 0.280. The van der Waals surface area contributed by atoms with E-state index in [1.807, 2.05) is 24.3 Å². The molecule has 3 aromatic heterocycles. The first-order chi connectivity index (χ1) is 14.9. The van der Waals surface area contributed by atoms with Crippen LogP contribution in [0, 0.1) is 0 Å². The molecule has 0 fully saturated rings. The van der Waals surface area contributed by atoms with E-state index in [0.29, 0.717) is 35.5 Å². The SMILES string of the molecule is COc1cccc(-c2c3c(=O)n(C)c(=O)n(C)c3c3n2CCNC3c2ccc(Cl)o2)c1. The molecule has 0 amide bonds. The number of benzene rings is 1. The number of fused-ring (bicyclic) bond motifs is 3. The lowest BCUT2D eigenvalue weighted by atomic mass is 10.1. The molecule has 1 unspecified atom stereocenters. The van der Waals surface area contributed by atoms with Crippen LogP contribution in [-0.4, -0.2) is 27.4 Å². The zero-order chi connectivity index (χ0) is 21.9. The second-order valence-electron chi connectivity index (χ2n) is 7.58. The van der Waals surface area contributed by atoms with Crippen molar-refractivity contribution in [3.8, 4) is 17.0 Å². The number of halogens is 1. The number of nitrogens with one attached hydrogen (secondary N) is 1. The van der Waals surface area contributed by atoms with Crippen molar-refractivity contribution in [3.63, 3.8) is 0 Å². The summed E-state index contributed by atoms with van der Waals surface area (Å²) in [5.41, 5.74) is 2.24. The van der Waals surface area contributed by atoms with Crippen molar-refractivity contribution in [3.05, 3.63) is 73.9 Å². The van der Waals surface area contributed by atoms with Crippen LogP contribution in [0.15, 0.2) is 50.4 Å². The third-order valence-electron chi connectivity index (χ3n) is 5.88. The molecule has 31 heavy (non-hydrogen) atoms. The van der Waals surface area contributed by atoms with E-state index in [-0.39, 0.29) is 22.5 Å². The maximum atomic E-state index is 13.4. The highest BCUT2D eigenvalue weighted by Gasteiger charge is 2.33. The summed E-state index contributed by atoms with van der Waals surface area (Å²) in [5, 5.41) is 4.21. The maximum Gasteiger partial charge on any atom is 0.331 e. The highest BCUT2D eigenvalue weighted by molar-refractivity contribution is 6.28. The van der Waals surface area contributed by atoms with Gasteiger partial charge in [0.1, 0.15) is 17.6 Å². The molecule has 1 N–H and O–H groups in total. The average Bonchev–Trinajstić information content (AvgIpc) is 3.37. The molecule has 5 rings (SSSR count). The van der Waals surface area contributed by atoms with E-state index < -0.39 is 0 Å². The summed E-state index contributed by atoms with van der Waals surface area (Å²) in [4.78, 5) is 26.2. The number of methoxy groups -OCH3 is 1. The number of aryl methyl sites for hydroxylation is 1. The number of rotatable bonds is 3. The lowest BCUT2D eigenvalue weighted by Gasteiger charge is -2.27. The Hall–Kier alpha value is -3.23. The van der Waals surface area contributed by atoms with E-state index in [4.69, 9.17) is 20.8 Å². The smallest absolute Gasteiger partial charge is 0.331 e. The van der Waals surface area contributed by atoms with Gasteiger partial charge in [-0.2, -0.15) is 0 Å². The van der Waals surface area contributed by atoms with Crippen molar-refractivity contribution in [1.82, 2.24) is 19.0 Å². The van der Waals surface area contributed by atoms with Gasteiger partial charge in [0.15, 0.2) is 5.22 Å². The largest absolute Gasteiger partial charge is 0.497 e. The molecule has 1 aliphatic rings. The molecule has 0 saturated carbocycles. The van der Waals surface area contributed by atoms with Crippen molar-refractivity contribution in [2.75, 3.05) is 13.7 Å². The first-order valence-electron chi connectivity index (χ1n) is 9.87. The molecule has 8 nitrogen and oxygen atoms in total. The first kappa shape index (κ1) is 19.7. The molecule has 1 aromatic carbocycles. The van der Waals surface area contributed by atoms with Crippen LogP contribution in [0.4, 0.5) is 0 Å². The predicted octanol–water partition coefficient (Wildman–Crippen LogP) is 2.65. The summed E-state index contributed by atoms with van der Waals surface area (Å²) >= 11 is 6.04. The van der Waals surface area contributed by atoms with E-state index >= 15 is 0 Å². The van der Waals surface area contributed by atoms with E-state index in [1.54, 1.807) is 26.3 Å². The van der Waals surface area contributed by atoms with Crippen LogP contribution in [0.2, 0.25) is 5.22 Å². The molecular formula is C22H21ClN4O4. The third kappa shape index (κ3) is 2.86. The van der Waals surface area contributed by atoms with Gasteiger partial charge in [-0.15, -0.1) is 0 Å². The third-order valence-corrected chi connectivity index (χ3v) is 6.09. The fourth-order valence-corrected chi connectivity index (χ4v) is 4.62. The monoisotopic (exact) mass is 440 g/mol. The summed E-state index contributed by atoms with van der Waals surface area (Å²) in [6.45, 7) is 1.28. The lowest BCUT2D eigenvalue weighted by molar-refractivity contribution is 0.398. The Kier molecular flexibility index (Phi) is 4.56. The van der Waals surface area contributed by atoms with Crippen LogP contribution in [0.25, 0.3) is 22.2 Å². The van der Waals surface area contributed by atoms with Gasteiger partial charge in [-0.05, 0) is 35.9 Å². The molecule has 0 aliphatic carbocycles. The fourth-order valence-electron chi connectivity index (χ4n) is 4.47. The minimum Gasteiger partial charge on any atom is -0.497 e. The molecule has 160 valence electrons. The van der Waals surface area contributed by atoms with Crippen molar-refractivity contribution in [2.45, 2.75) is 12.6 Å². The number of ether oxygens (including phenoxy) is 1. The second-order valence-corrected chi connectivity index (χ2v) is 7.95.